The van der Waals surface area contributed by atoms with Crippen LogP contribution >= 0.6 is 34.8 Å². The molecule has 0 N–H and O–H groups in total. The smallest absolute Gasteiger partial charge is 0.106 e. The first-order valence-electron chi connectivity index (χ1n) is 5.57. The second-order valence-corrected chi connectivity index (χ2v) is 5.56. The van der Waals surface area contributed by atoms with Gasteiger partial charge in [0.1, 0.15) is 11.5 Å². The molecular weight excluding hydrogens is 291 g/mol. The molecule has 4 heteroatoms. The van der Waals surface area contributed by atoms with Gasteiger partial charge in [0.15, 0.2) is 0 Å². The Morgan fingerprint density at radius 1 is 1.06 bits per heavy atom. The monoisotopic (exact) mass is 302 g/mol. The van der Waals surface area contributed by atoms with Crippen molar-refractivity contribution in [1.82, 2.24) is 0 Å². The van der Waals surface area contributed by atoms with Gasteiger partial charge in [-0.15, -0.1) is 11.6 Å². The first-order chi connectivity index (χ1) is 8.41. The molecule has 1 aromatic carbocycles. The van der Waals surface area contributed by atoms with Crippen LogP contribution in [0.5, 0.6) is 0 Å². The molecule has 0 aliphatic rings. The summed E-state index contributed by atoms with van der Waals surface area (Å²) in [5.41, 5.74) is 2.83. The summed E-state index contributed by atoms with van der Waals surface area (Å²) in [4.78, 5) is 0. The van der Waals surface area contributed by atoms with E-state index in [1.165, 1.54) is 0 Å². The third-order valence-electron chi connectivity index (χ3n) is 3.10. The first-order valence-corrected chi connectivity index (χ1v) is 6.76. The zero-order chi connectivity index (χ0) is 13.4. The summed E-state index contributed by atoms with van der Waals surface area (Å²) in [7, 11) is 0. The van der Waals surface area contributed by atoms with E-state index in [1.807, 2.05) is 20.8 Å². The Morgan fingerprint density at radius 2 is 1.72 bits per heavy atom. The summed E-state index contributed by atoms with van der Waals surface area (Å²) in [6.07, 6.45) is 0. The van der Waals surface area contributed by atoms with Gasteiger partial charge in [0.05, 0.1) is 5.38 Å². The van der Waals surface area contributed by atoms with E-state index in [9.17, 15) is 0 Å². The van der Waals surface area contributed by atoms with Crippen molar-refractivity contribution in [2.75, 3.05) is 0 Å². The zero-order valence-corrected chi connectivity index (χ0v) is 12.6. The second-order valence-electron chi connectivity index (χ2n) is 4.28. The maximum atomic E-state index is 6.53. The number of rotatable bonds is 2. The number of furan rings is 1. The maximum absolute atomic E-state index is 6.53. The largest absolute Gasteiger partial charge is 0.466 e. The van der Waals surface area contributed by atoms with E-state index in [-0.39, 0.29) is 5.38 Å². The highest BCUT2D eigenvalue weighted by atomic mass is 35.5. The van der Waals surface area contributed by atoms with Crippen molar-refractivity contribution in [3.63, 3.8) is 0 Å². The minimum Gasteiger partial charge on any atom is -0.466 e. The minimum atomic E-state index is -0.353. The molecule has 18 heavy (non-hydrogen) atoms. The lowest BCUT2D eigenvalue weighted by atomic mass is 10.0. The van der Waals surface area contributed by atoms with E-state index in [2.05, 4.69) is 0 Å². The van der Waals surface area contributed by atoms with Gasteiger partial charge >= 0.3 is 0 Å². The predicted octanol–water partition coefficient (Wildman–Crippen LogP) is 5.84. The van der Waals surface area contributed by atoms with Gasteiger partial charge in [0.2, 0.25) is 0 Å². The van der Waals surface area contributed by atoms with Crippen LogP contribution in [0, 0.1) is 20.8 Å². The van der Waals surface area contributed by atoms with Gasteiger partial charge in [-0.25, -0.2) is 0 Å². The average molecular weight is 304 g/mol. The molecule has 2 rings (SSSR count). The summed E-state index contributed by atoms with van der Waals surface area (Å²) in [5, 5.41) is 0.876. The van der Waals surface area contributed by atoms with Gasteiger partial charge < -0.3 is 4.42 Å². The highest BCUT2D eigenvalue weighted by Crippen LogP contribution is 2.39. The van der Waals surface area contributed by atoms with Crippen LogP contribution in [0.4, 0.5) is 0 Å². The van der Waals surface area contributed by atoms with Crippen molar-refractivity contribution >= 4 is 34.8 Å². The molecule has 2 aromatic rings. The molecule has 1 unspecified atom stereocenters. The third-order valence-corrected chi connectivity index (χ3v) is 4.13. The van der Waals surface area contributed by atoms with Crippen molar-refractivity contribution in [2.24, 2.45) is 0 Å². The van der Waals surface area contributed by atoms with E-state index in [4.69, 9.17) is 39.2 Å². The lowest BCUT2D eigenvalue weighted by molar-refractivity contribution is 0.500. The maximum Gasteiger partial charge on any atom is 0.106 e. The van der Waals surface area contributed by atoms with Gasteiger partial charge in [-0.2, -0.15) is 0 Å². The van der Waals surface area contributed by atoms with Crippen molar-refractivity contribution < 1.29 is 4.42 Å². The summed E-state index contributed by atoms with van der Waals surface area (Å²) in [5.74, 6) is 1.70. The molecule has 0 spiro atoms. The summed E-state index contributed by atoms with van der Waals surface area (Å²) in [6, 6.07) is 5.30. The number of benzene rings is 1. The Balaban J connectivity index is 2.54. The number of hydrogen-bond donors (Lipinski definition) is 0. The van der Waals surface area contributed by atoms with Crippen LogP contribution in [0.2, 0.25) is 10.0 Å². The molecule has 0 amide bonds. The summed E-state index contributed by atoms with van der Waals surface area (Å²) >= 11 is 18.7. The Kier molecular flexibility index (Phi) is 3.96. The van der Waals surface area contributed by atoms with Gasteiger partial charge in [0, 0.05) is 15.6 Å². The van der Waals surface area contributed by atoms with Crippen LogP contribution in [0.3, 0.4) is 0 Å². The third kappa shape index (κ3) is 2.40. The number of halogens is 3. The van der Waals surface area contributed by atoms with Gasteiger partial charge in [-0.3, -0.25) is 0 Å². The van der Waals surface area contributed by atoms with Crippen LogP contribution < -0.4 is 0 Å². The molecule has 0 fully saturated rings. The van der Waals surface area contributed by atoms with Crippen LogP contribution in [0.15, 0.2) is 22.6 Å². The molecule has 0 bridgehead atoms. The molecule has 0 saturated heterocycles. The van der Waals surface area contributed by atoms with Crippen LogP contribution in [-0.4, -0.2) is 0 Å². The quantitative estimate of drug-likeness (QED) is 0.635. The van der Waals surface area contributed by atoms with Crippen molar-refractivity contribution in [3.8, 4) is 0 Å². The van der Waals surface area contributed by atoms with E-state index in [1.54, 1.807) is 18.2 Å². The fourth-order valence-electron chi connectivity index (χ4n) is 2.05. The number of aryl methyl sites for hydroxylation is 2. The summed E-state index contributed by atoms with van der Waals surface area (Å²) in [6.45, 7) is 5.83. The molecule has 0 aliphatic carbocycles. The molecule has 96 valence electrons. The topological polar surface area (TPSA) is 13.1 Å². The lowest BCUT2D eigenvalue weighted by Gasteiger charge is -2.13. The van der Waals surface area contributed by atoms with Gasteiger partial charge in [-0.05, 0) is 50.1 Å². The number of alkyl halides is 1. The van der Waals surface area contributed by atoms with Crippen LogP contribution in [0.1, 0.15) is 33.6 Å². The Morgan fingerprint density at radius 3 is 2.28 bits per heavy atom. The molecular formula is C14H13Cl3O. The normalized spacial score (nSPS) is 12.8. The van der Waals surface area contributed by atoms with E-state index in [0.29, 0.717) is 10.0 Å². The molecule has 0 aliphatic heterocycles. The molecule has 1 aromatic heterocycles. The highest BCUT2D eigenvalue weighted by molar-refractivity contribution is 6.35. The fraction of sp³-hybridized carbons (Fsp3) is 0.286. The van der Waals surface area contributed by atoms with Gasteiger partial charge in [-0.1, -0.05) is 23.2 Å². The van der Waals surface area contributed by atoms with E-state index < -0.39 is 0 Å². The Hall–Kier alpha value is -0.630. The van der Waals surface area contributed by atoms with Crippen LogP contribution in [0.25, 0.3) is 0 Å². The molecule has 0 saturated carbocycles. The van der Waals surface area contributed by atoms with Crippen molar-refractivity contribution in [1.29, 1.82) is 0 Å². The Labute approximate surface area is 122 Å². The predicted molar refractivity (Wildman–Crippen MR) is 77.1 cm³/mol. The molecule has 0 radical (unpaired) electrons. The van der Waals surface area contributed by atoms with E-state index >= 15 is 0 Å². The molecule has 1 heterocycles. The summed E-state index contributed by atoms with van der Waals surface area (Å²) < 4.78 is 5.60. The number of hydrogen-bond acceptors (Lipinski definition) is 1. The first kappa shape index (κ1) is 13.8. The highest BCUT2D eigenvalue weighted by Gasteiger charge is 2.22. The molecule has 1 nitrogen and oxygen atoms in total. The van der Waals surface area contributed by atoms with Crippen molar-refractivity contribution in [3.05, 3.63) is 56.5 Å². The van der Waals surface area contributed by atoms with Gasteiger partial charge in [0.25, 0.3) is 0 Å². The van der Waals surface area contributed by atoms with E-state index in [0.717, 1.165) is 28.2 Å². The standard InChI is InChI=1S/C14H13Cl3O/c1-7-8(2)18-9(3)13(7)14(17)11-6-10(15)4-5-12(11)16/h4-6,14H,1-3H3. The Bertz CT molecular complexity index is 587. The molecule has 1 atom stereocenters. The SMILES string of the molecule is Cc1oc(C)c(C(Cl)c2cc(Cl)ccc2Cl)c1C. The lowest BCUT2D eigenvalue weighted by Crippen LogP contribution is -1.97. The fourth-order valence-corrected chi connectivity index (χ4v) is 3.01. The van der Waals surface area contributed by atoms with Crippen LogP contribution in [-0.2, 0) is 0 Å². The van der Waals surface area contributed by atoms with Crippen molar-refractivity contribution in [2.45, 2.75) is 26.1 Å². The second kappa shape index (κ2) is 5.16. The minimum absolute atomic E-state index is 0.353. The average Bonchev–Trinajstić information content (AvgIpc) is 2.56. The zero-order valence-electron chi connectivity index (χ0n) is 10.4.